The van der Waals surface area contributed by atoms with Crippen molar-refractivity contribution in [3.63, 3.8) is 0 Å². The molecule has 0 aromatic carbocycles. The Morgan fingerprint density at radius 2 is 2.28 bits per heavy atom. The lowest BCUT2D eigenvalue weighted by Gasteiger charge is -2.10. The number of thioether (sulfide) groups is 1. The molecule has 7 nitrogen and oxygen atoms in total. The zero-order chi connectivity index (χ0) is 13.0. The van der Waals surface area contributed by atoms with Crippen LogP contribution >= 0.6 is 11.8 Å². The topological polar surface area (TPSA) is 94.5 Å². The zero-order valence-corrected chi connectivity index (χ0v) is 11.1. The number of anilines is 2. The van der Waals surface area contributed by atoms with Gasteiger partial charge in [0.25, 0.3) is 0 Å². The van der Waals surface area contributed by atoms with E-state index in [0.717, 1.165) is 6.54 Å². The van der Waals surface area contributed by atoms with E-state index in [0.29, 0.717) is 17.1 Å². The van der Waals surface area contributed by atoms with Crippen LogP contribution in [0, 0.1) is 0 Å². The summed E-state index contributed by atoms with van der Waals surface area (Å²) in [7, 11) is 0. The molecule has 1 unspecified atom stereocenters. The molecule has 0 aliphatic carbocycles. The minimum Gasteiger partial charge on any atom is -0.368 e. The van der Waals surface area contributed by atoms with E-state index < -0.39 is 0 Å². The predicted octanol–water partition coefficient (Wildman–Crippen LogP) is 0.803. The SMILES string of the molecule is CSC(C)CNc1nc(N)nc(-n2ccnc2)n1. The third-order valence-corrected chi connectivity index (χ3v) is 3.30. The van der Waals surface area contributed by atoms with Crippen LogP contribution in [0.25, 0.3) is 5.95 Å². The smallest absolute Gasteiger partial charge is 0.241 e. The molecule has 2 aromatic rings. The van der Waals surface area contributed by atoms with Gasteiger partial charge in [-0.25, -0.2) is 4.98 Å². The van der Waals surface area contributed by atoms with E-state index in [9.17, 15) is 0 Å². The molecule has 0 amide bonds. The summed E-state index contributed by atoms with van der Waals surface area (Å²) in [5.74, 6) is 1.12. The monoisotopic (exact) mass is 265 g/mol. The lowest BCUT2D eigenvalue weighted by molar-refractivity contribution is 0.888. The third-order valence-electron chi connectivity index (χ3n) is 2.33. The largest absolute Gasteiger partial charge is 0.368 e. The number of nitrogens with two attached hydrogens (primary N) is 1. The molecule has 18 heavy (non-hydrogen) atoms. The summed E-state index contributed by atoms with van der Waals surface area (Å²) in [6, 6.07) is 0. The van der Waals surface area contributed by atoms with Gasteiger partial charge < -0.3 is 11.1 Å². The number of rotatable bonds is 5. The summed E-state index contributed by atoms with van der Waals surface area (Å²) in [5, 5.41) is 3.61. The van der Waals surface area contributed by atoms with Crippen molar-refractivity contribution in [2.75, 3.05) is 23.9 Å². The van der Waals surface area contributed by atoms with Crippen molar-refractivity contribution >= 4 is 23.7 Å². The Kier molecular flexibility index (Phi) is 3.98. The van der Waals surface area contributed by atoms with Gasteiger partial charge >= 0.3 is 0 Å². The van der Waals surface area contributed by atoms with E-state index in [1.54, 1.807) is 35.0 Å². The van der Waals surface area contributed by atoms with Gasteiger partial charge in [0.1, 0.15) is 6.33 Å². The van der Waals surface area contributed by atoms with Gasteiger partial charge in [-0.2, -0.15) is 26.7 Å². The molecule has 2 heterocycles. The Bertz CT molecular complexity index is 499. The van der Waals surface area contributed by atoms with E-state index in [2.05, 4.69) is 38.4 Å². The normalized spacial score (nSPS) is 12.3. The zero-order valence-electron chi connectivity index (χ0n) is 10.2. The summed E-state index contributed by atoms with van der Waals surface area (Å²) in [4.78, 5) is 16.3. The standard InChI is InChI=1S/C10H15N7S/c1-7(18-2)5-13-9-14-8(11)15-10(16-9)17-4-3-12-6-17/h3-4,6-7H,5H2,1-2H3,(H3,11,13,14,15,16). The van der Waals surface area contributed by atoms with Crippen LogP contribution in [-0.2, 0) is 0 Å². The van der Waals surface area contributed by atoms with Gasteiger partial charge in [-0.3, -0.25) is 4.57 Å². The maximum atomic E-state index is 5.66. The average molecular weight is 265 g/mol. The molecular weight excluding hydrogens is 250 g/mol. The van der Waals surface area contributed by atoms with Crippen molar-refractivity contribution < 1.29 is 0 Å². The minimum atomic E-state index is 0.188. The Morgan fingerprint density at radius 1 is 1.44 bits per heavy atom. The molecule has 0 aliphatic rings. The molecule has 0 spiro atoms. The second-order valence-corrected chi connectivity index (χ2v) is 4.99. The number of imidazole rings is 1. The lowest BCUT2D eigenvalue weighted by Crippen LogP contribution is -2.16. The Morgan fingerprint density at radius 3 is 2.94 bits per heavy atom. The van der Waals surface area contributed by atoms with Crippen LogP contribution in [0.15, 0.2) is 18.7 Å². The number of hydrogen-bond donors (Lipinski definition) is 2. The van der Waals surface area contributed by atoms with Crippen molar-refractivity contribution in [3.05, 3.63) is 18.7 Å². The van der Waals surface area contributed by atoms with Gasteiger partial charge in [-0.05, 0) is 6.26 Å². The highest BCUT2D eigenvalue weighted by atomic mass is 32.2. The van der Waals surface area contributed by atoms with Crippen LogP contribution in [0.4, 0.5) is 11.9 Å². The highest BCUT2D eigenvalue weighted by molar-refractivity contribution is 7.99. The van der Waals surface area contributed by atoms with Crippen molar-refractivity contribution in [2.45, 2.75) is 12.2 Å². The molecule has 96 valence electrons. The second-order valence-electron chi connectivity index (χ2n) is 3.71. The molecule has 0 saturated heterocycles. The van der Waals surface area contributed by atoms with Crippen LogP contribution in [0.3, 0.4) is 0 Å². The summed E-state index contributed by atoms with van der Waals surface area (Å²) >= 11 is 1.77. The summed E-state index contributed by atoms with van der Waals surface area (Å²) in [6.45, 7) is 2.90. The van der Waals surface area contributed by atoms with Crippen LogP contribution in [-0.4, -0.2) is 42.6 Å². The number of nitrogens with zero attached hydrogens (tertiary/aromatic N) is 5. The lowest BCUT2D eigenvalue weighted by atomic mass is 10.5. The summed E-state index contributed by atoms with van der Waals surface area (Å²) in [6.07, 6.45) is 7.08. The fourth-order valence-corrected chi connectivity index (χ4v) is 1.52. The molecular formula is C10H15N7S. The van der Waals surface area contributed by atoms with Crippen molar-refractivity contribution in [3.8, 4) is 5.95 Å². The van der Waals surface area contributed by atoms with E-state index in [4.69, 9.17) is 5.73 Å². The molecule has 3 N–H and O–H groups in total. The Balaban J connectivity index is 2.17. The van der Waals surface area contributed by atoms with Crippen LogP contribution in [0.1, 0.15) is 6.92 Å². The van der Waals surface area contributed by atoms with Gasteiger partial charge in [-0.1, -0.05) is 6.92 Å². The van der Waals surface area contributed by atoms with E-state index >= 15 is 0 Å². The molecule has 0 saturated carbocycles. The quantitative estimate of drug-likeness (QED) is 0.825. The molecule has 2 aromatic heterocycles. The van der Waals surface area contributed by atoms with Gasteiger partial charge in [0, 0.05) is 24.2 Å². The van der Waals surface area contributed by atoms with E-state index in [1.807, 2.05) is 0 Å². The maximum Gasteiger partial charge on any atom is 0.241 e. The van der Waals surface area contributed by atoms with Crippen LogP contribution in [0.5, 0.6) is 0 Å². The van der Waals surface area contributed by atoms with Crippen LogP contribution in [0.2, 0.25) is 0 Å². The van der Waals surface area contributed by atoms with Crippen molar-refractivity contribution in [2.24, 2.45) is 0 Å². The fourth-order valence-electron chi connectivity index (χ4n) is 1.27. The van der Waals surface area contributed by atoms with E-state index in [1.165, 1.54) is 0 Å². The van der Waals surface area contributed by atoms with Crippen molar-refractivity contribution in [1.29, 1.82) is 0 Å². The number of hydrogen-bond acceptors (Lipinski definition) is 7. The molecule has 1 atom stereocenters. The van der Waals surface area contributed by atoms with Crippen molar-refractivity contribution in [1.82, 2.24) is 24.5 Å². The number of nitrogen functional groups attached to an aromatic ring is 1. The molecule has 2 rings (SSSR count). The van der Waals surface area contributed by atoms with Crippen LogP contribution < -0.4 is 11.1 Å². The molecule has 0 bridgehead atoms. The first-order valence-electron chi connectivity index (χ1n) is 5.45. The summed E-state index contributed by atoms with van der Waals surface area (Å²) < 4.78 is 1.68. The molecule has 0 aliphatic heterocycles. The fraction of sp³-hybridized carbons (Fsp3) is 0.400. The highest BCUT2D eigenvalue weighted by Gasteiger charge is 2.07. The number of nitrogens with one attached hydrogen (secondary N) is 1. The highest BCUT2D eigenvalue weighted by Crippen LogP contribution is 2.09. The average Bonchev–Trinajstić information content (AvgIpc) is 2.89. The van der Waals surface area contributed by atoms with Gasteiger partial charge in [0.15, 0.2) is 0 Å². The minimum absolute atomic E-state index is 0.188. The first kappa shape index (κ1) is 12.6. The summed E-state index contributed by atoms with van der Waals surface area (Å²) in [5.41, 5.74) is 5.66. The second kappa shape index (κ2) is 5.67. The van der Waals surface area contributed by atoms with Gasteiger partial charge in [0.05, 0.1) is 0 Å². The maximum absolute atomic E-state index is 5.66. The van der Waals surface area contributed by atoms with Gasteiger partial charge in [0.2, 0.25) is 17.8 Å². The molecule has 8 heteroatoms. The molecule has 0 radical (unpaired) electrons. The Labute approximate surface area is 109 Å². The Hall–Kier alpha value is -1.83. The van der Waals surface area contributed by atoms with Gasteiger partial charge in [-0.15, -0.1) is 0 Å². The number of aromatic nitrogens is 5. The molecule has 0 fully saturated rings. The first-order chi connectivity index (χ1) is 8.69. The van der Waals surface area contributed by atoms with E-state index in [-0.39, 0.29) is 5.95 Å². The third kappa shape index (κ3) is 3.10. The first-order valence-corrected chi connectivity index (χ1v) is 6.74. The predicted molar refractivity (Wildman–Crippen MR) is 72.8 cm³/mol.